The highest BCUT2D eigenvalue weighted by Gasteiger charge is 1.86. The maximum absolute atomic E-state index is 10.3. The van der Waals surface area contributed by atoms with Crippen molar-refractivity contribution in [2.75, 3.05) is 7.11 Å². The van der Waals surface area contributed by atoms with Crippen molar-refractivity contribution in [1.29, 1.82) is 0 Å². The summed E-state index contributed by atoms with van der Waals surface area (Å²) < 4.78 is 4.28. The van der Waals surface area contributed by atoms with Gasteiger partial charge >= 0.3 is 5.97 Å². The summed E-state index contributed by atoms with van der Waals surface area (Å²) in [5.74, 6) is 4.53. The molecule has 0 saturated carbocycles. The third-order valence-corrected chi connectivity index (χ3v) is 0.751. The van der Waals surface area contributed by atoms with Crippen molar-refractivity contribution in [1.82, 2.24) is 0 Å². The quantitative estimate of drug-likeness (QED) is 0.297. The van der Waals surface area contributed by atoms with Gasteiger partial charge in [-0.05, 0) is 6.42 Å². The zero-order valence-electron chi connectivity index (χ0n) is 5.73. The molecule has 0 aliphatic carbocycles. The maximum Gasteiger partial charge on any atom is 0.384 e. The lowest BCUT2D eigenvalue weighted by molar-refractivity contribution is -0.133. The molecule has 0 radical (unpaired) electrons. The fourth-order valence-corrected chi connectivity index (χ4v) is 0.311. The maximum atomic E-state index is 10.3. The van der Waals surface area contributed by atoms with Gasteiger partial charge in [0.2, 0.25) is 0 Å². The molecule has 0 spiro atoms. The van der Waals surface area contributed by atoms with Crippen LogP contribution in [-0.2, 0) is 9.53 Å². The van der Waals surface area contributed by atoms with E-state index in [1.807, 2.05) is 6.92 Å². The number of carbonyl (C=O) groups is 1. The van der Waals surface area contributed by atoms with Gasteiger partial charge in [0.1, 0.15) is 0 Å². The van der Waals surface area contributed by atoms with Crippen LogP contribution in [0.25, 0.3) is 0 Å². The van der Waals surface area contributed by atoms with Crippen LogP contribution in [0.4, 0.5) is 0 Å². The summed E-state index contributed by atoms with van der Waals surface area (Å²) in [6.07, 6.45) is 1.74. The molecule has 0 aromatic rings. The molecular weight excluding hydrogens is 116 g/mol. The Kier molecular flexibility index (Phi) is 4.61. The molecule has 0 saturated heterocycles. The van der Waals surface area contributed by atoms with Gasteiger partial charge in [-0.3, -0.25) is 0 Å². The molecule has 0 aliphatic rings. The first kappa shape index (κ1) is 8.03. The minimum Gasteiger partial charge on any atom is -0.459 e. The van der Waals surface area contributed by atoms with E-state index in [0.717, 1.165) is 12.8 Å². The summed E-state index contributed by atoms with van der Waals surface area (Å²) in [5, 5.41) is 0. The first-order valence-electron chi connectivity index (χ1n) is 2.88. The van der Waals surface area contributed by atoms with Gasteiger partial charge in [0.15, 0.2) is 0 Å². The van der Waals surface area contributed by atoms with Crippen molar-refractivity contribution in [3.63, 3.8) is 0 Å². The standard InChI is InChI=1S/C7H10O2/c1-3-4-5-6-7(8)9-2/h3-4H2,1-2H3. The zero-order valence-corrected chi connectivity index (χ0v) is 5.73. The van der Waals surface area contributed by atoms with Crippen molar-refractivity contribution in [2.24, 2.45) is 0 Å². The van der Waals surface area contributed by atoms with E-state index in [2.05, 4.69) is 16.6 Å². The molecule has 0 amide bonds. The monoisotopic (exact) mass is 126 g/mol. The highest BCUT2D eigenvalue weighted by Crippen LogP contribution is 1.80. The van der Waals surface area contributed by atoms with Crippen LogP contribution in [0.2, 0.25) is 0 Å². The molecule has 0 aliphatic heterocycles. The Morgan fingerprint density at radius 1 is 1.67 bits per heavy atom. The molecule has 9 heavy (non-hydrogen) atoms. The van der Waals surface area contributed by atoms with Gasteiger partial charge < -0.3 is 4.74 Å². The van der Waals surface area contributed by atoms with Gasteiger partial charge in [0.05, 0.1) is 7.11 Å². The van der Waals surface area contributed by atoms with E-state index in [1.54, 1.807) is 0 Å². The third-order valence-electron chi connectivity index (χ3n) is 0.751. The normalized spacial score (nSPS) is 7.33. The van der Waals surface area contributed by atoms with E-state index in [4.69, 9.17) is 0 Å². The Morgan fingerprint density at radius 2 is 2.33 bits per heavy atom. The fourth-order valence-electron chi connectivity index (χ4n) is 0.311. The molecule has 0 atom stereocenters. The van der Waals surface area contributed by atoms with Crippen LogP contribution in [0.15, 0.2) is 0 Å². The smallest absolute Gasteiger partial charge is 0.384 e. The van der Waals surface area contributed by atoms with E-state index >= 15 is 0 Å². The van der Waals surface area contributed by atoms with Crippen LogP contribution in [0.1, 0.15) is 19.8 Å². The van der Waals surface area contributed by atoms with Crippen molar-refractivity contribution >= 4 is 5.97 Å². The largest absolute Gasteiger partial charge is 0.459 e. The lowest BCUT2D eigenvalue weighted by Crippen LogP contribution is -1.93. The second kappa shape index (κ2) is 5.17. The Morgan fingerprint density at radius 3 is 2.78 bits per heavy atom. The molecule has 2 nitrogen and oxygen atoms in total. The average Bonchev–Trinajstić information content (AvgIpc) is 1.89. The highest BCUT2D eigenvalue weighted by atomic mass is 16.5. The molecule has 0 aromatic carbocycles. The van der Waals surface area contributed by atoms with E-state index in [0.29, 0.717) is 0 Å². The average molecular weight is 126 g/mol. The first-order chi connectivity index (χ1) is 4.31. The number of carbonyl (C=O) groups excluding carboxylic acids is 1. The molecule has 0 unspecified atom stereocenters. The highest BCUT2D eigenvalue weighted by molar-refractivity contribution is 5.88. The molecule has 2 heteroatoms. The Bertz CT molecular complexity index is 139. The van der Waals surface area contributed by atoms with Crippen LogP contribution >= 0.6 is 0 Å². The second-order valence-corrected chi connectivity index (χ2v) is 1.54. The molecule has 0 rings (SSSR count). The SMILES string of the molecule is CCCC#CC(=O)OC. The number of esters is 1. The van der Waals surface area contributed by atoms with E-state index in [1.165, 1.54) is 7.11 Å². The first-order valence-corrected chi connectivity index (χ1v) is 2.88. The summed E-state index contributed by atoms with van der Waals surface area (Å²) in [6, 6.07) is 0. The van der Waals surface area contributed by atoms with E-state index in [9.17, 15) is 4.79 Å². The predicted octanol–water partition coefficient (Wildman–Crippen LogP) is 0.963. The lowest BCUT2D eigenvalue weighted by atomic mass is 10.3. The van der Waals surface area contributed by atoms with Gasteiger partial charge in [-0.2, -0.15) is 0 Å². The molecule has 0 aromatic heterocycles. The molecule has 0 heterocycles. The zero-order chi connectivity index (χ0) is 7.11. The van der Waals surface area contributed by atoms with Crippen molar-refractivity contribution in [3.05, 3.63) is 0 Å². The minimum absolute atomic E-state index is 0.455. The Labute approximate surface area is 55.2 Å². The summed E-state index contributed by atoms with van der Waals surface area (Å²) in [6.45, 7) is 2.01. The summed E-state index contributed by atoms with van der Waals surface area (Å²) in [5.41, 5.74) is 0. The Balaban J connectivity index is 3.46. The van der Waals surface area contributed by atoms with E-state index < -0.39 is 5.97 Å². The molecule has 0 bridgehead atoms. The summed E-state index contributed by atoms with van der Waals surface area (Å²) in [7, 11) is 1.32. The molecule has 50 valence electrons. The van der Waals surface area contributed by atoms with Gasteiger partial charge in [-0.1, -0.05) is 12.8 Å². The topological polar surface area (TPSA) is 26.3 Å². The van der Waals surface area contributed by atoms with Crippen LogP contribution in [0.3, 0.4) is 0 Å². The van der Waals surface area contributed by atoms with Crippen molar-refractivity contribution < 1.29 is 9.53 Å². The predicted molar refractivity (Wildman–Crippen MR) is 34.7 cm³/mol. The summed E-state index contributed by atoms with van der Waals surface area (Å²) >= 11 is 0. The van der Waals surface area contributed by atoms with Gasteiger partial charge in [-0.15, -0.1) is 0 Å². The fraction of sp³-hybridized carbons (Fsp3) is 0.571. The van der Waals surface area contributed by atoms with Gasteiger partial charge in [-0.25, -0.2) is 4.79 Å². The lowest BCUT2D eigenvalue weighted by Gasteiger charge is -1.83. The molecular formula is C7H10O2. The number of hydrogen-bond donors (Lipinski definition) is 0. The van der Waals surface area contributed by atoms with Gasteiger partial charge in [0, 0.05) is 12.3 Å². The van der Waals surface area contributed by atoms with Crippen LogP contribution in [0.5, 0.6) is 0 Å². The van der Waals surface area contributed by atoms with Crippen LogP contribution in [-0.4, -0.2) is 13.1 Å². The van der Waals surface area contributed by atoms with Crippen molar-refractivity contribution in [3.8, 4) is 11.8 Å². The second-order valence-electron chi connectivity index (χ2n) is 1.54. The van der Waals surface area contributed by atoms with Gasteiger partial charge in [0.25, 0.3) is 0 Å². The Hall–Kier alpha value is -0.970. The summed E-state index contributed by atoms with van der Waals surface area (Å²) in [4.78, 5) is 10.3. The number of rotatable bonds is 1. The van der Waals surface area contributed by atoms with Crippen LogP contribution < -0.4 is 0 Å². The third kappa shape index (κ3) is 4.89. The number of methoxy groups -OCH3 is 1. The number of unbranched alkanes of at least 4 members (excludes halogenated alkanes) is 1. The number of hydrogen-bond acceptors (Lipinski definition) is 2. The van der Waals surface area contributed by atoms with Crippen LogP contribution in [0, 0.1) is 11.8 Å². The minimum atomic E-state index is -0.455. The van der Waals surface area contributed by atoms with Crippen molar-refractivity contribution in [2.45, 2.75) is 19.8 Å². The molecule has 0 N–H and O–H groups in total. The number of ether oxygens (including phenoxy) is 1. The van der Waals surface area contributed by atoms with E-state index in [-0.39, 0.29) is 0 Å². The molecule has 0 fully saturated rings.